The molecule has 0 bridgehead atoms. The van der Waals surface area contributed by atoms with Crippen LogP contribution in [0, 0.1) is 0 Å². The number of anilines is 1. The molecule has 2 N–H and O–H groups in total. The molecular formula is C13H14N2OS2. The first-order valence-electron chi connectivity index (χ1n) is 5.49. The average molecular weight is 278 g/mol. The maximum atomic E-state index is 5.22. The van der Waals surface area contributed by atoms with Crippen molar-refractivity contribution in [1.29, 1.82) is 0 Å². The van der Waals surface area contributed by atoms with E-state index in [1.807, 2.05) is 30.5 Å². The number of rotatable bonds is 4. The first kappa shape index (κ1) is 13.0. The molecule has 0 atom stereocenters. The molecule has 0 aliphatic rings. The van der Waals surface area contributed by atoms with E-state index in [-0.39, 0.29) is 0 Å². The molecule has 1 heterocycles. The van der Waals surface area contributed by atoms with Gasteiger partial charge in [0.05, 0.1) is 12.8 Å². The van der Waals surface area contributed by atoms with E-state index in [1.54, 1.807) is 18.0 Å². The molecule has 18 heavy (non-hydrogen) atoms. The highest BCUT2D eigenvalue weighted by atomic mass is 32.2. The fourth-order valence-corrected chi connectivity index (χ4v) is 2.11. The van der Waals surface area contributed by atoms with Gasteiger partial charge in [0, 0.05) is 10.6 Å². The summed E-state index contributed by atoms with van der Waals surface area (Å²) in [4.78, 5) is 1.20. The molecule has 2 aromatic rings. The highest BCUT2D eigenvalue weighted by molar-refractivity contribution is 7.98. The zero-order valence-electron chi connectivity index (χ0n) is 9.97. The fraction of sp³-hybridized carbons (Fsp3) is 0.154. The third kappa shape index (κ3) is 3.78. The molecule has 2 rings (SSSR count). The van der Waals surface area contributed by atoms with Gasteiger partial charge in [0.1, 0.15) is 5.76 Å². The Balaban J connectivity index is 1.86. The SMILES string of the molecule is CSc1cccc(NC(=S)NCc2ccco2)c1. The monoisotopic (exact) mass is 278 g/mol. The fourth-order valence-electron chi connectivity index (χ4n) is 1.46. The molecule has 0 fully saturated rings. The summed E-state index contributed by atoms with van der Waals surface area (Å²) in [6, 6.07) is 11.9. The Hall–Kier alpha value is -1.46. The molecule has 1 aromatic carbocycles. The lowest BCUT2D eigenvalue weighted by molar-refractivity contribution is 0.503. The van der Waals surface area contributed by atoms with Crippen LogP contribution in [0.4, 0.5) is 5.69 Å². The summed E-state index contributed by atoms with van der Waals surface area (Å²) in [7, 11) is 0. The number of thiocarbonyl (C=S) groups is 1. The molecule has 1 aromatic heterocycles. The first-order chi connectivity index (χ1) is 8.78. The number of nitrogens with one attached hydrogen (secondary N) is 2. The molecular weight excluding hydrogens is 264 g/mol. The molecule has 94 valence electrons. The average Bonchev–Trinajstić information content (AvgIpc) is 2.90. The highest BCUT2D eigenvalue weighted by Crippen LogP contribution is 2.18. The second kappa shape index (κ2) is 6.47. The third-order valence-electron chi connectivity index (χ3n) is 2.33. The van der Waals surface area contributed by atoms with Crippen molar-refractivity contribution in [2.45, 2.75) is 11.4 Å². The molecule has 0 saturated heterocycles. The maximum absolute atomic E-state index is 5.22. The van der Waals surface area contributed by atoms with E-state index in [9.17, 15) is 0 Å². The number of hydrogen-bond acceptors (Lipinski definition) is 3. The minimum Gasteiger partial charge on any atom is -0.467 e. The van der Waals surface area contributed by atoms with Gasteiger partial charge >= 0.3 is 0 Å². The summed E-state index contributed by atoms with van der Waals surface area (Å²) >= 11 is 6.92. The normalized spacial score (nSPS) is 10.1. The number of benzene rings is 1. The van der Waals surface area contributed by atoms with E-state index >= 15 is 0 Å². The van der Waals surface area contributed by atoms with Crippen LogP contribution in [-0.2, 0) is 6.54 Å². The van der Waals surface area contributed by atoms with Crippen LogP contribution < -0.4 is 10.6 Å². The topological polar surface area (TPSA) is 37.2 Å². The van der Waals surface area contributed by atoms with Crippen LogP contribution in [-0.4, -0.2) is 11.4 Å². The molecule has 3 nitrogen and oxygen atoms in total. The van der Waals surface area contributed by atoms with Gasteiger partial charge in [-0.15, -0.1) is 11.8 Å². The van der Waals surface area contributed by atoms with Gasteiger partial charge in [-0.25, -0.2) is 0 Å². The van der Waals surface area contributed by atoms with Gasteiger partial charge in [-0.3, -0.25) is 0 Å². The Morgan fingerprint density at radius 2 is 2.22 bits per heavy atom. The summed E-state index contributed by atoms with van der Waals surface area (Å²) in [6.45, 7) is 0.584. The van der Waals surface area contributed by atoms with E-state index < -0.39 is 0 Å². The maximum Gasteiger partial charge on any atom is 0.171 e. The molecule has 0 spiro atoms. The lowest BCUT2D eigenvalue weighted by atomic mass is 10.3. The largest absolute Gasteiger partial charge is 0.467 e. The van der Waals surface area contributed by atoms with E-state index in [4.69, 9.17) is 16.6 Å². The summed E-state index contributed by atoms with van der Waals surface area (Å²) in [6.07, 6.45) is 3.70. The van der Waals surface area contributed by atoms with Crippen molar-refractivity contribution in [3.63, 3.8) is 0 Å². The van der Waals surface area contributed by atoms with Crippen LogP contribution in [0.1, 0.15) is 5.76 Å². The number of thioether (sulfide) groups is 1. The number of hydrogen-bond donors (Lipinski definition) is 2. The Labute approximate surface area is 116 Å². The molecule has 0 radical (unpaired) electrons. The predicted octanol–water partition coefficient (Wildman–Crippen LogP) is 3.49. The van der Waals surface area contributed by atoms with Crippen LogP contribution in [0.25, 0.3) is 0 Å². The predicted molar refractivity (Wildman–Crippen MR) is 80.0 cm³/mol. The van der Waals surface area contributed by atoms with Crippen molar-refractivity contribution in [1.82, 2.24) is 5.32 Å². The van der Waals surface area contributed by atoms with Crippen molar-refractivity contribution in [2.24, 2.45) is 0 Å². The molecule has 0 amide bonds. The molecule has 0 saturated carbocycles. The second-order valence-electron chi connectivity index (χ2n) is 3.62. The Morgan fingerprint density at radius 1 is 1.33 bits per heavy atom. The number of furan rings is 1. The smallest absolute Gasteiger partial charge is 0.171 e. The van der Waals surface area contributed by atoms with E-state index in [1.165, 1.54) is 4.90 Å². The lowest BCUT2D eigenvalue weighted by Gasteiger charge is -2.10. The summed E-state index contributed by atoms with van der Waals surface area (Å²) in [5, 5.41) is 6.82. The van der Waals surface area contributed by atoms with Gasteiger partial charge < -0.3 is 15.1 Å². The van der Waals surface area contributed by atoms with E-state index in [0.29, 0.717) is 11.7 Å². The Bertz CT molecular complexity index is 511. The molecule has 0 unspecified atom stereocenters. The first-order valence-corrected chi connectivity index (χ1v) is 7.12. The highest BCUT2D eigenvalue weighted by Gasteiger charge is 2.00. The van der Waals surface area contributed by atoms with Gasteiger partial charge in [0.25, 0.3) is 0 Å². The van der Waals surface area contributed by atoms with Crippen LogP contribution in [0.3, 0.4) is 0 Å². The molecule has 5 heteroatoms. The Kier molecular flexibility index (Phi) is 4.66. The van der Waals surface area contributed by atoms with Crippen molar-refractivity contribution >= 4 is 34.8 Å². The van der Waals surface area contributed by atoms with Crippen molar-refractivity contribution < 1.29 is 4.42 Å². The minimum absolute atomic E-state index is 0.584. The summed E-state index contributed by atoms with van der Waals surface area (Å²) < 4.78 is 5.22. The zero-order chi connectivity index (χ0) is 12.8. The molecule has 0 aliphatic heterocycles. The van der Waals surface area contributed by atoms with Crippen molar-refractivity contribution in [3.8, 4) is 0 Å². The van der Waals surface area contributed by atoms with Crippen molar-refractivity contribution in [2.75, 3.05) is 11.6 Å². The quantitative estimate of drug-likeness (QED) is 0.661. The zero-order valence-corrected chi connectivity index (χ0v) is 11.6. The van der Waals surface area contributed by atoms with Crippen LogP contribution in [0.2, 0.25) is 0 Å². The minimum atomic E-state index is 0.584. The Morgan fingerprint density at radius 3 is 2.94 bits per heavy atom. The third-order valence-corrected chi connectivity index (χ3v) is 3.30. The van der Waals surface area contributed by atoms with Gasteiger partial charge in [0.15, 0.2) is 5.11 Å². The van der Waals surface area contributed by atoms with Gasteiger partial charge in [0.2, 0.25) is 0 Å². The molecule has 0 aliphatic carbocycles. The van der Waals surface area contributed by atoms with Crippen molar-refractivity contribution in [3.05, 3.63) is 48.4 Å². The summed E-state index contributed by atoms with van der Waals surface area (Å²) in [5.41, 5.74) is 0.985. The van der Waals surface area contributed by atoms with Gasteiger partial charge in [-0.05, 0) is 48.8 Å². The van der Waals surface area contributed by atoms with E-state index in [0.717, 1.165) is 11.4 Å². The van der Waals surface area contributed by atoms with Crippen LogP contribution in [0.15, 0.2) is 52.0 Å². The van der Waals surface area contributed by atoms with Gasteiger partial charge in [-0.1, -0.05) is 6.07 Å². The second-order valence-corrected chi connectivity index (χ2v) is 4.91. The van der Waals surface area contributed by atoms with Gasteiger partial charge in [-0.2, -0.15) is 0 Å². The van der Waals surface area contributed by atoms with Crippen LogP contribution >= 0.6 is 24.0 Å². The summed E-state index contributed by atoms with van der Waals surface area (Å²) in [5.74, 6) is 0.858. The lowest BCUT2D eigenvalue weighted by Crippen LogP contribution is -2.27. The standard InChI is InChI=1S/C13H14N2OS2/c1-18-12-6-2-4-10(8-12)15-13(17)14-9-11-5-3-7-16-11/h2-8H,9H2,1H3,(H2,14,15,17). The van der Waals surface area contributed by atoms with Crippen LogP contribution in [0.5, 0.6) is 0 Å². The van der Waals surface area contributed by atoms with E-state index in [2.05, 4.69) is 22.8 Å².